The van der Waals surface area contributed by atoms with Crippen LogP contribution in [0.1, 0.15) is 23.1 Å². The minimum absolute atomic E-state index is 0.626. The lowest BCUT2D eigenvalue weighted by molar-refractivity contribution is 0.172. The first-order valence-corrected chi connectivity index (χ1v) is 11.4. The third-order valence-electron chi connectivity index (χ3n) is 5.35. The highest BCUT2D eigenvalue weighted by Gasteiger charge is 2.21. The molecule has 0 bridgehead atoms. The van der Waals surface area contributed by atoms with Gasteiger partial charge in [0.1, 0.15) is 0 Å². The molecule has 8 nitrogen and oxygen atoms in total. The standard InChI is InChI=1S/C22H33N5O3S/c1-6-23-22(24-13-20-16(2)25-15-31-20)27-9-7-26(8-10-27)14-17-11-18(28-3)21(30-5)19(12-17)29-4/h11-12,15H,6-10,13-14H2,1-5H3,(H,23,24). The summed E-state index contributed by atoms with van der Waals surface area (Å²) in [5, 5.41) is 3.44. The maximum atomic E-state index is 5.49. The Balaban J connectivity index is 1.62. The van der Waals surface area contributed by atoms with Crippen molar-refractivity contribution in [1.82, 2.24) is 20.1 Å². The van der Waals surface area contributed by atoms with Gasteiger partial charge in [0.2, 0.25) is 5.75 Å². The first-order chi connectivity index (χ1) is 15.1. The van der Waals surface area contributed by atoms with E-state index in [1.807, 2.05) is 24.6 Å². The predicted octanol–water partition coefficient (Wildman–Crippen LogP) is 2.76. The van der Waals surface area contributed by atoms with E-state index in [9.17, 15) is 0 Å². The third-order valence-corrected chi connectivity index (χ3v) is 6.27. The van der Waals surface area contributed by atoms with Gasteiger partial charge >= 0.3 is 0 Å². The van der Waals surface area contributed by atoms with E-state index in [4.69, 9.17) is 19.2 Å². The zero-order valence-electron chi connectivity index (χ0n) is 19.1. The van der Waals surface area contributed by atoms with Gasteiger partial charge in [-0.1, -0.05) is 0 Å². The lowest BCUT2D eigenvalue weighted by Gasteiger charge is -2.36. The molecule has 0 radical (unpaired) electrons. The predicted molar refractivity (Wildman–Crippen MR) is 125 cm³/mol. The maximum Gasteiger partial charge on any atom is 0.203 e. The molecule has 170 valence electrons. The quantitative estimate of drug-likeness (QED) is 0.493. The molecule has 1 saturated heterocycles. The van der Waals surface area contributed by atoms with Crippen LogP contribution in [-0.4, -0.2) is 74.8 Å². The molecule has 1 fully saturated rings. The van der Waals surface area contributed by atoms with Gasteiger partial charge in [-0.05, 0) is 31.5 Å². The van der Waals surface area contributed by atoms with Gasteiger partial charge in [0.05, 0.1) is 39.1 Å². The summed E-state index contributed by atoms with van der Waals surface area (Å²) in [6, 6.07) is 4.05. The van der Waals surface area contributed by atoms with E-state index in [0.717, 1.165) is 56.5 Å². The molecule has 0 saturated carbocycles. The number of nitrogens with one attached hydrogen (secondary N) is 1. The Morgan fingerprint density at radius 2 is 1.77 bits per heavy atom. The van der Waals surface area contributed by atoms with Gasteiger partial charge in [-0.2, -0.15) is 0 Å². The van der Waals surface area contributed by atoms with E-state index in [2.05, 4.69) is 27.0 Å². The monoisotopic (exact) mass is 447 g/mol. The number of aliphatic imine (C=N–C) groups is 1. The van der Waals surface area contributed by atoms with Gasteiger partial charge in [-0.3, -0.25) is 4.90 Å². The fourth-order valence-electron chi connectivity index (χ4n) is 3.65. The van der Waals surface area contributed by atoms with Crippen molar-refractivity contribution in [2.24, 2.45) is 4.99 Å². The average Bonchev–Trinajstić information content (AvgIpc) is 3.21. The van der Waals surface area contributed by atoms with E-state index in [1.165, 1.54) is 4.88 Å². The Morgan fingerprint density at radius 3 is 2.29 bits per heavy atom. The Labute approximate surface area is 188 Å². The number of thiazole rings is 1. The third kappa shape index (κ3) is 5.80. The number of rotatable bonds is 8. The highest BCUT2D eigenvalue weighted by molar-refractivity contribution is 7.09. The molecule has 3 rings (SSSR count). The smallest absolute Gasteiger partial charge is 0.203 e. The Kier molecular flexibility index (Phi) is 8.36. The normalized spacial score (nSPS) is 15.1. The number of ether oxygens (including phenoxy) is 3. The Morgan fingerprint density at radius 1 is 1.10 bits per heavy atom. The van der Waals surface area contributed by atoms with Crippen molar-refractivity contribution in [3.05, 3.63) is 33.8 Å². The number of guanidine groups is 1. The van der Waals surface area contributed by atoms with Crippen LogP contribution in [0, 0.1) is 6.92 Å². The lowest BCUT2D eigenvalue weighted by atomic mass is 10.1. The van der Waals surface area contributed by atoms with Gasteiger partial charge in [0.25, 0.3) is 0 Å². The summed E-state index contributed by atoms with van der Waals surface area (Å²) < 4.78 is 16.4. The van der Waals surface area contributed by atoms with Crippen LogP contribution in [0.3, 0.4) is 0 Å². The topological polar surface area (TPSA) is 71.5 Å². The Bertz CT molecular complexity index is 853. The second-order valence-corrected chi connectivity index (χ2v) is 8.27. The molecule has 1 aliphatic rings. The molecule has 0 aliphatic carbocycles. The number of aryl methyl sites for hydroxylation is 1. The maximum absolute atomic E-state index is 5.49. The van der Waals surface area contributed by atoms with E-state index >= 15 is 0 Å². The lowest BCUT2D eigenvalue weighted by Crippen LogP contribution is -2.52. The van der Waals surface area contributed by atoms with Crippen LogP contribution in [0.5, 0.6) is 17.2 Å². The first kappa shape index (κ1) is 23.1. The molecule has 1 aliphatic heterocycles. The summed E-state index contributed by atoms with van der Waals surface area (Å²) in [5.74, 6) is 2.98. The summed E-state index contributed by atoms with van der Waals surface area (Å²) in [6.07, 6.45) is 0. The Hall–Kier alpha value is -2.52. The second-order valence-electron chi connectivity index (χ2n) is 7.33. The summed E-state index contributed by atoms with van der Waals surface area (Å²) in [5.41, 5.74) is 4.10. The molecule has 2 aromatic rings. The minimum atomic E-state index is 0.626. The van der Waals surface area contributed by atoms with Crippen LogP contribution in [0.2, 0.25) is 0 Å². The fourth-order valence-corrected chi connectivity index (χ4v) is 4.35. The molecule has 9 heteroatoms. The van der Waals surface area contributed by atoms with Crippen LogP contribution in [0.4, 0.5) is 0 Å². The molecule has 0 spiro atoms. The number of hydrogen-bond acceptors (Lipinski definition) is 7. The summed E-state index contributed by atoms with van der Waals surface area (Å²) >= 11 is 1.66. The molecule has 1 aromatic heterocycles. The van der Waals surface area contributed by atoms with E-state index < -0.39 is 0 Å². The van der Waals surface area contributed by atoms with Crippen molar-refractivity contribution in [1.29, 1.82) is 0 Å². The van der Waals surface area contributed by atoms with E-state index in [-0.39, 0.29) is 0 Å². The molecule has 0 amide bonds. The van der Waals surface area contributed by atoms with Gasteiger partial charge in [-0.25, -0.2) is 9.98 Å². The van der Waals surface area contributed by atoms with Crippen molar-refractivity contribution < 1.29 is 14.2 Å². The van der Waals surface area contributed by atoms with Crippen molar-refractivity contribution in [2.45, 2.75) is 26.9 Å². The molecular weight excluding hydrogens is 414 g/mol. The summed E-state index contributed by atoms with van der Waals surface area (Å²) in [4.78, 5) is 15.2. The van der Waals surface area contributed by atoms with Crippen LogP contribution in [-0.2, 0) is 13.1 Å². The van der Waals surface area contributed by atoms with E-state index in [1.54, 1.807) is 32.7 Å². The highest BCUT2D eigenvalue weighted by Crippen LogP contribution is 2.38. The fraction of sp³-hybridized carbons (Fsp3) is 0.545. The van der Waals surface area contributed by atoms with Crippen molar-refractivity contribution >= 4 is 17.3 Å². The summed E-state index contributed by atoms with van der Waals surface area (Å²) in [7, 11) is 4.92. The second kappa shape index (κ2) is 11.2. The highest BCUT2D eigenvalue weighted by atomic mass is 32.1. The molecule has 1 N–H and O–H groups in total. The number of benzene rings is 1. The van der Waals surface area contributed by atoms with Gasteiger partial charge in [-0.15, -0.1) is 11.3 Å². The molecule has 31 heavy (non-hydrogen) atoms. The minimum Gasteiger partial charge on any atom is -0.493 e. The summed E-state index contributed by atoms with van der Waals surface area (Å²) in [6.45, 7) is 10.3. The SMILES string of the molecule is CCNC(=NCc1scnc1C)N1CCN(Cc2cc(OC)c(OC)c(OC)c2)CC1. The van der Waals surface area contributed by atoms with Gasteiger partial charge in [0.15, 0.2) is 17.5 Å². The van der Waals surface area contributed by atoms with Crippen LogP contribution < -0.4 is 19.5 Å². The number of piperazine rings is 1. The van der Waals surface area contributed by atoms with Crippen molar-refractivity contribution in [3.8, 4) is 17.2 Å². The number of nitrogens with zero attached hydrogens (tertiary/aromatic N) is 4. The van der Waals surface area contributed by atoms with Crippen molar-refractivity contribution in [3.63, 3.8) is 0 Å². The zero-order valence-corrected chi connectivity index (χ0v) is 19.9. The molecule has 1 aromatic carbocycles. The van der Waals surface area contributed by atoms with Gasteiger partial charge in [0, 0.05) is 44.1 Å². The average molecular weight is 448 g/mol. The zero-order chi connectivity index (χ0) is 22.2. The van der Waals surface area contributed by atoms with Crippen LogP contribution in [0.15, 0.2) is 22.6 Å². The van der Waals surface area contributed by atoms with Crippen LogP contribution >= 0.6 is 11.3 Å². The number of aromatic nitrogens is 1. The number of hydrogen-bond donors (Lipinski definition) is 1. The largest absolute Gasteiger partial charge is 0.493 e. The molecule has 0 unspecified atom stereocenters. The molecule has 0 atom stereocenters. The first-order valence-electron chi connectivity index (χ1n) is 10.5. The number of methoxy groups -OCH3 is 3. The van der Waals surface area contributed by atoms with Gasteiger partial charge < -0.3 is 24.4 Å². The van der Waals surface area contributed by atoms with Crippen molar-refractivity contribution in [2.75, 3.05) is 54.1 Å². The molecular formula is C22H33N5O3S. The van der Waals surface area contributed by atoms with Crippen LogP contribution in [0.25, 0.3) is 0 Å². The van der Waals surface area contributed by atoms with E-state index in [0.29, 0.717) is 23.8 Å². The molecule has 2 heterocycles.